The van der Waals surface area contributed by atoms with Gasteiger partial charge in [0.1, 0.15) is 29.9 Å². The number of benzene rings is 1. The van der Waals surface area contributed by atoms with Crippen LogP contribution in [0.25, 0.3) is 10.9 Å². The minimum atomic E-state index is -1.05. The van der Waals surface area contributed by atoms with Gasteiger partial charge < -0.3 is 24.4 Å². The summed E-state index contributed by atoms with van der Waals surface area (Å²) in [5.74, 6) is -0.247. The van der Waals surface area contributed by atoms with Crippen LogP contribution in [0.4, 0.5) is 19.0 Å². The number of nitrogens with zero attached hydrogens (tertiary/aromatic N) is 7. The minimum absolute atomic E-state index is 0.00221. The van der Waals surface area contributed by atoms with Gasteiger partial charge in [0.2, 0.25) is 5.91 Å². The topological polar surface area (TPSA) is 128 Å². The fraction of sp³-hybridized carbons (Fsp3) is 0.525. The summed E-state index contributed by atoms with van der Waals surface area (Å²) in [7, 11) is 0. The lowest BCUT2D eigenvalue weighted by molar-refractivity contribution is -0.129. The first kappa shape index (κ1) is 36.2. The predicted octanol–water partition coefficient (Wildman–Crippen LogP) is 4.20. The maximum Gasteiger partial charge on any atom is 0.319 e. The lowest BCUT2D eigenvalue weighted by Gasteiger charge is -2.42. The lowest BCUT2D eigenvalue weighted by Crippen LogP contribution is -2.56. The van der Waals surface area contributed by atoms with E-state index in [2.05, 4.69) is 33.4 Å². The molecule has 1 aliphatic carbocycles. The zero-order valence-electron chi connectivity index (χ0n) is 30.1. The first-order valence-electron chi connectivity index (χ1n) is 18.6. The third-order valence-electron chi connectivity index (χ3n) is 12.1. The minimum Gasteiger partial charge on any atom is -0.461 e. The van der Waals surface area contributed by atoms with Gasteiger partial charge in [-0.2, -0.15) is 15.2 Å². The standard InChI is InChI=1S/C40H42F3N7O4/c1-4-28-31(42)7-6-22-13-27(51)14-29(34(22)28)36-35(43)37-30(17-45-36)38(48-19-26-12-23(16-44)32(20-48)50(26)33(52)5-2)47-39(46-37)54-21-40(3)15-24(41)18-49(40)25-8-10-53-11-9-25/h1,5-7,17,23-27,29,32,51H,2,8-15,18-21H2,3H3/t23?,24-,26-,27-,29+,32-,40+/m1/s1. The highest BCUT2D eigenvalue weighted by molar-refractivity contribution is 5.91. The van der Waals surface area contributed by atoms with Crippen molar-refractivity contribution >= 4 is 22.6 Å². The maximum absolute atomic E-state index is 17.2. The average Bonchev–Trinajstić information content (AvgIpc) is 3.60. The van der Waals surface area contributed by atoms with Crippen molar-refractivity contribution in [2.75, 3.05) is 44.4 Å². The van der Waals surface area contributed by atoms with Crippen molar-refractivity contribution in [1.29, 1.82) is 5.26 Å². The van der Waals surface area contributed by atoms with Gasteiger partial charge in [-0.1, -0.05) is 18.6 Å². The molecular weight excluding hydrogens is 699 g/mol. The lowest BCUT2D eigenvalue weighted by atomic mass is 9.77. The highest BCUT2D eigenvalue weighted by atomic mass is 19.1. The number of hydrogen-bond donors (Lipinski definition) is 1. The summed E-state index contributed by atoms with van der Waals surface area (Å²) < 4.78 is 59.2. The summed E-state index contributed by atoms with van der Waals surface area (Å²) in [4.78, 5) is 32.6. The molecule has 11 nitrogen and oxygen atoms in total. The molecule has 0 saturated carbocycles. The van der Waals surface area contributed by atoms with Crippen LogP contribution in [0.3, 0.4) is 0 Å². The highest BCUT2D eigenvalue weighted by Gasteiger charge is 2.49. The van der Waals surface area contributed by atoms with E-state index in [1.807, 2.05) is 11.8 Å². The van der Waals surface area contributed by atoms with Crippen molar-refractivity contribution < 1.29 is 32.5 Å². The number of alkyl halides is 1. The number of ether oxygens (including phenoxy) is 2. The molecule has 4 saturated heterocycles. The second kappa shape index (κ2) is 14.1. The number of piperazine rings is 1. The summed E-state index contributed by atoms with van der Waals surface area (Å²) >= 11 is 0. The molecule has 0 radical (unpaired) electrons. The van der Waals surface area contributed by atoms with E-state index < -0.39 is 47.3 Å². The number of carbonyl (C=O) groups is 1. The number of halogens is 3. The Morgan fingerprint density at radius 1 is 1.20 bits per heavy atom. The van der Waals surface area contributed by atoms with Crippen LogP contribution in [0.5, 0.6) is 6.01 Å². The number of aliphatic hydroxyl groups excluding tert-OH is 1. The fourth-order valence-corrected chi connectivity index (χ4v) is 9.68. The molecule has 282 valence electrons. The molecule has 5 aliphatic rings. The third kappa shape index (κ3) is 6.14. The van der Waals surface area contributed by atoms with Crippen LogP contribution in [0, 0.1) is 41.2 Å². The number of pyridine rings is 1. The fourth-order valence-electron chi connectivity index (χ4n) is 9.68. The summed E-state index contributed by atoms with van der Waals surface area (Å²) in [6.07, 6.45) is 9.11. The largest absolute Gasteiger partial charge is 0.461 e. The molecule has 1 aromatic carbocycles. The Bertz CT molecular complexity index is 2080. The number of aromatic nitrogens is 3. The van der Waals surface area contributed by atoms with Gasteiger partial charge in [0.15, 0.2) is 5.82 Å². The Labute approximate surface area is 311 Å². The molecule has 4 fully saturated rings. The second-order valence-electron chi connectivity index (χ2n) is 15.5. The van der Waals surface area contributed by atoms with Crippen LogP contribution in [-0.2, 0) is 16.0 Å². The number of amides is 1. The smallest absolute Gasteiger partial charge is 0.319 e. The number of hydrogen-bond acceptors (Lipinski definition) is 10. The number of rotatable bonds is 7. The van der Waals surface area contributed by atoms with Gasteiger partial charge in [-0.25, -0.2) is 13.2 Å². The van der Waals surface area contributed by atoms with Gasteiger partial charge in [-0.05, 0) is 62.3 Å². The van der Waals surface area contributed by atoms with E-state index in [9.17, 15) is 15.2 Å². The van der Waals surface area contributed by atoms with E-state index in [-0.39, 0.29) is 85.1 Å². The predicted molar refractivity (Wildman–Crippen MR) is 192 cm³/mol. The van der Waals surface area contributed by atoms with E-state index >= 15 is 13.2 Å². The van der Waals surface area contributed by atoms with Crippen LogP contribution >= 0.6 is 0 Å². The Morgan fingerprint density at radius 2 is 2.00 bits per heavy atom. The highest BCUT2D eigenvalue weighted by Crippen LogP contribution is 2.43. The van der Waals surface area contributed by atoms with Gasteiger partial charge in [0, 0.05) is 57.4 Å². The molecule has 1 unspecified atom stereocenters. The van der Waals surface area contributed by atoms with E-state index in [1.165, 1.54) is 18.3 Å². The number of likely N-dealkylation sites (tertiary alicyclic amines) is 1. The average molecular weight is 742 g/mol. The molecule has 8 rings (SSSR count). The van der Waals surface area contributed by atoms with Crippen molar-refractivity contribution in [2.24, 2.45) is 5.92 Å². The Kier molecular flexibility index (Phi) is 9.49. The van der Waals surface area contributed by atoms with Crippen molar-refractivity contribution in [3.8, 4) is 24.4 Å². The Hall–Kier alpha value is -4.76. The molecule has 7 atom stereocenters. The van der Waals surface area contributed by atoms with Crippen LogP contribution in [0.1, 0.15) is 67.3 Å². The SMILES string of the molecule is C#Cc1c(F)ccc2c1[C@@H](c1ncc3c(N4C[C@H]5CC(C#N)[C@@H](C4)N5C(=O)C=C)nc(OC[C@]4(C)C[C@@H](F)CN4C4CCOCC4)nc3c1F)C[C@H](O)C2. The normalized spacial score (nSPS) is 29.8. The van der Waals surface area contributed by atoms with Crippen LogP contribution in [-0.4, -0.2) is 111 Å². The third-order valence-corrected chi connectivity index (χ3v) is 12.1. The second-order valence-corrected chi connectivity index (χ2v) is 15.5. The number of terminal acetylenes is 1. The Morgan fingerprint density at radius 3 is 2.74 bits per heavy atom. The number of aliphatic hydroxyl groups is 1. The first-order valence-corrected chi connectivity index (χ1v) is 18.6. The molecule has 54 heavy (non-hydrogen) atoms. The monoisotopic (exact) mass is 741 g/mol. The summed E-state index contributed by atoms with van der Waals surface area (Å²) in [6, 6.07) is 4.36. The number of fused-ring (bicyclic) bond motifs is 4. The van der Waals surface area contributed by atoms with Gasteiger partial charge in [0.25, 0.3) is 0 Å². The molecular formula is C40H42F3N7O4. The van der Waals surface area contributed by atoms with E-state index in [0.717, 1.165) is 12.8 Å². The molecule has 2 aromatic heterocycles. The number of carbonyl (C=O) groups excluding carboxylic acids is 1. The van der Waals surface area contributed by atoms with Crippen LogP contribution in [0.15, 0.2) is 31.0 Å². The van der Waals surface area contributed by atoms with Crippen LogP contribution < -0.4 is 9.64 Å². The first-order chi connectivity index (χ1) is 26.0. The molecule has 2 bridgehead atoms. The molecule has 3 aromatic rings. The van der Waals surface area contributed by atoms with Crippen molar-refractivity contribution in [3.05, 3.63) is 65.0 Å². The zero-order chi connectivity index (χ0) is 37.9. The van der Waals surface area contributed by atoms with Crippen molar-refractivity contribution in [1.82, 2.24) is 24.8 Å². The molecule has 0 spiro atoms. The molecule has 4 aliphatic heterocycles. The van der Waals surface area contributed by atoms with Gasteiger partial charge >= 0.3 is 6.01 Å². The summed E-state index contributed by atoms with van der Waals surface area (Å²) in [5, 5.41) is 21.1. The van der Waals surface area contributed by atoms with Gasteiger partial charge in [0.05, 0.1) is 52.4 Å². The van der Waals surface area contributed by atoms with E-state index in [1.54, 1.807) is 11.0 Å². The van der Waals surface area contributed by atoms with E-state index in [4.69, 9.17) is 20.9 Å². The zero-order valence-corrected chi connectivity index (χ0v) is 30.1. The quantitative estimate of drug-likeness (QED) is 0.278. The molecule has 14 heteroatoms. The Balaban J connectivity index is 1.22. The number of anilines is 1. The van der Waals surface area contributed by atoms with Gasteiger partial charge in [-0.3, -0.25) is 14.7 Å². The van der Waals surface area contributed by atoms with Crippen molar-refractivity contribution in [3.63, 3.8) is 0 Å². The molecule has 6 heterocycles. The maximum atomic E-state index is 17.2. The molecule has 1 N–H and O–H groups in total. The molecule has 1 amide bonds. The number of nitriles is 1. The van der Waals surface area contributed by atoms with E-state index in [0.29, 0.717) is 43.1 Å². The summed E-state index contributed by atoms with van der Waals surface area (Å²) in [6.45, 7) is 7.63. The summed E-state index contributed by atoms with van der Waals surface area (Å²) in [5.41, 5.74) is 0.161. The van der Waals surface area contributed by atoms with Crippen molar-refractivity contribution in [2.45, 2.75) is 87.3 Å². The van der Waals surface area contributed by atoms with Crippen LogP contribution in [0.2, 0.25) is 0 Å². The van der Waals surface area contributed by atoms with Gasteiger partial charge in [-0.15, -0.1) is 6.42 Å².